The van der Waals surface area contributed by atoms with Gasteiger partial charge in [-0.1, -0.05) is 17.7 Å². The van der Waals surface area contributed by atoms with Gasteiger partial charge in [-0.2, -0.15) is 10.2 Å². The minimum Gasteiger partial charge on any atom is -0.481 e. The average Bonchev–Trinajstić information content (AvgIpc) is 2.61. The maximum atomic E-state index is 10.6. The van der Waals surface area contributed by atoms with Gasteiger partial charge in [-0.3, -0.25) is 4.79 Å². The number of benzene rings is 2. The molecule has 0 bridgehead atoms. The zero-order valence-corrected chi connectivity index (χ0v) is 14.4. The van der Waals surface area contributed by atoms with Crippen LogP contribution < -0.4 is 16.3 Å². The van der Waals surface area contributed by atoms with Crippen LogP contribution in [0.2, 0.25) is 0 Å². The lowest BCUT2D eigenvalue weighted by Gasteiger charge is -2.07. The van der Waals surface area contributed by atoms with Gasteiger partial charge in [0.25, 0.3) is 0 Å². The summed E-state index contributed by atoms with van der Waals surface area (Å²) < 4.78 is 5.75. The fourth-order valence-electron chi connectivity index (χ4n) is 2.07. The van der Waals surface area contributed by atoms with Crippen molar-refractivity contribution in [1.29, 1.82) is 0 Å². The molecule has 2 aromatic carbocycles. The number of amidine groups is 1. The molecule has 8 heteroatoms. The molecule has 1 atom stereocenters. The van der Waals surface area contributed by atoms with Gasteiger partial charge in [-0.15, -0.1) is 5.11 Å². The molecule has 2 rings (SSSR count). The Kier molecular flexibility index (Phi) is 6.81. The summed E-state index contributed by atoms with van der Waals surface area (Å²) in [7, 11) is 0. The monoisotopic (exact) mass is 355 g/mol. The average molecular weight is 355 g/mol. The summed E-state index contributed by atoms with van der Waals surface area (Å²) >= 11 is 0. The smallest absolute Gasteiger partial charge is 0.304 e. The molecule has 0 heterocycles. The molecule has 0 aliphatic rings. The first-order chi connectivity index (χ1) is 12.5. The van der Waals surface area contributed by atoms with E-state index in [0.717, 1.165) is 11.3 Å². The molecule has 1 unspecified atom stereocenters. The number of nitrogens with zero attached hydrogens (tertiary/aromatic N) is 3. The first-order valence-electron chi connectivity index (χ1n) is 7.95. The van der Waals surface area contributed by atoms with E-state index in [1.54, 1.807) is 24.3 Å². The van der Waals surface area contributed by atoms with Crippen molar-refractivity contribution in [3.63, 3.8) is 0 Å². The minimum atomic E-state index is -0.982. The summed E-state index contributed by atoms with van der Waals surface area (Å²) in [6, 6.07) is 14.2. The molecule has 8 nitrogen and oxygen atoms in total. The minimum absolute atomic E-state index is 0.0694. The van der Waals surface area contributed by atoms with Crippen LogP contribution in [0.5, 0.6) is 11.5 Å². The Balaban J connectivity index is 1.98. The number of hydrogen-bond acceptors (Lipinski definition) is 6. The van der Waals surface area contributed by atoms with Crippen molar-refractivity contribution >= 4 is 11.8 Å². The third-order valence-electron chi connectivity index (χ3n) is 3.41. The van der Waals surface area contributed by atoms with Gasteiger partial charge in [0.05, 0.1) is 13.0 Å². The summed E-state index contributed by atoms with van der Waals surface area (Å²) in [6.07, 6.45) is -0.181. The van der Waals surface area contributed by atoms with Gasteiger partial charge in [-0.25, -0.2) is 0 Å². The second-order valence-electron chi connectivity index (χ2n) is 5.67. The molecule has 0 radical (unpaired) electrons. The number of hydrazone groups is 1. The first-order valence-corrected chi connectivity index (χ1v) is 7.95. The number of carboxylic acid groups (broad SMARTS) is 1. The van der Waals surface area contributed by atoms with Crippen LogP contribution in [-0.2, 0) is 4.79 Å². The lowest BCUT2D eigenvalue weighted by molar-refractivity contribution is -0.137. The van der Waals surface area contributed by atoms with Gasteiger partial charge in [-0.05, 0) is 43.3 Å². The van der Waals surface area contributed by atoms with Gasteiger partial charge >= 0.3 is 5.97 Å². The molecular weight excluding hydrogens is 334 g/mol. The normalized spacial score (nSPS) is 12.9. The SMILES string of the molecule is Cc1ccc(Oc2ccc(C(N=NCC(N)CC(=O)O)=NN)cc2)cc1. The molecule has 26 heavy (non-hydrogen) atoms. The van der Waals surface area contributed by atoms with Crippen LogP contribution in [0.4, 0.5) is 0 Å². The molecule has 0 spiro atoms. The zero-order chi connectivity index (χ0) is 18.9. The van der Waals surface area contributed by atoms with Crippen LogP contribution >= 0.6 is 0 Å². The molecule has 0 aromatic heterocycles. The number of hydrogen-bond donors (Lipinski definition) is 3. The van der Waals surface area contributed by atoms with Gasteiger partial charge in [0.15, 0.2) is 5.84 Å². The number of aryl methyl sites for hydroxylation is 1. The van der Waals surface area contributed by atoms with E-state index in [2.05, 4.69) is 15.3 Å². The molecule has 0 saturated carbocycles. The summed E-state index contributed by atoms with van der Waals surface area (Å²) in [5, 5.41) is 20.0. The third-order valence-corrected chi connectivity index (χ3v) is 3.41. The quantitative estimate of drug-likeness (QED) is 0.231. The summed E-state index contributed by atoms with van der Waals surface area (Å²) in [5.41, 5.74) is 7.43. The fraction of sp³-hybridized carbons (Fsp3) is 0.222. The van der Waals surface area contributed by atoms with Crippen molar-refractivity contribution in [3.05, 3.63) is 59.7 Å². The van der Waals surface area contributed by atoms with Gasteiger partial charge in [0.2, 0.25) is 0 Å². The van der Waals surface area contributed by atoms with Crippen molar-refractivity contribution in [2.45, 2.75) is 19.4 Å². The number of ether oxygens (including phenoxy) is 1. The van der Waals surface area contributed by atoms with Gasteiger partial charge in [0, 0.05) is 11.6 Å². The molecule has 0 saturated heterocycles. The molecular formula is C18H21N5O3. The molecule has 0 aliphatic carbocycles. The number of aliphatic carboxylic acids is 1. The molecule has 0 amide bonds. The standard InChI is InChI=1S/C18H21N5O3/c1-12-2-6-15(7-3-12)26-16-8-4-13(5-9-16)18(22-20)23-21-11-14(19)10-17(24)25/h2-9,14H,10-11,19-20H2,1H3,(H,24,25). The van der Waals surface area contributed by atoms with Crippen molar-refractivity contribution in [2.75, 3.05) is 6.54 Å². The Morgan fingerprint density at radius 3 is 2.23 bits per heavy atom. The van der Waals surface area contributed by atoms with Gasteiger partial charge in [0.1, 0.15) is 11.5 Å². The Morgan fingerprint density at radius 1 is 1.12 bits per heavy atom. The lowest BCUT2D eigenvalue weighted by atomic mass is 10.2. The fourth-order valence-corrected chi connectivity index (χ4v) is 2.07. The predicted molar refractivity (Wildman–Crippen MR) is 98.4 cm³/mol. The second kappa shape index (κ2) is 9.28. The van der Waals surface area contributed by atoms with E-state index in [4.69, 9.17) is 21.4 Å². The highest BCUT2D eigenvalue weighted by Crippen LogP contribution is 2.22. The second-order valence-corrected chi connectivity index (χ2v) is 5.67. The summed E-state index contributed by atoms with van der Waals surface area (Å²) in [5.74, 6) is 5.99. The number of carbonyl (C=O) groups is 1. The number of azo groups is 1. The van der Waals surface area contributed by atoms with Gasteiger partial charge < -0.3 is 21.4 Å². The third kappa shape index (κ3) is 5.99. The highest BCUT2D eigenvalue weighted by molar-refractivity contribution is 5.99. The van der Waals surface area contributed by atoms with Crippen molar-refractivity contribution in [2.24, 2.45) is 26.9 Å². The molecule has 5 N–H and O–H groups in total. The summed E-state index contributed by atoms with van der Waals surface area (Å²) in [6.45, 7) is 2.08. The molecule has 2 aromatic rings. The zero-order valence-electron chi connectivity index (χ0n) is 14.4. The number of nitrogens with two attached hydrogens (primary N) is 2. The van der Waals surface area contributed by atoms with E-state index < -0.39 is 12.0 Å². The highest BCUT2D eigenvalue weighted by atomic mass is 16.5. The number of rotatable bonds is 7. The van der Waals surface area contributed by atoms with E-state index >= 15 is 0 Å². The first kappa shape index (κ1) is 19.1. The van der Waals surface area contributed by atoms with Crippen molar-refractivity contribution in [1.82, 2.24) is 0 Å². The van der Waals surface area contributed by atoms with Crippen LogP contribution in [0, 0.1) is 6.92 Å². The van der Waals surface area contributed by atoms with E-state index in [1.807, 2.05) is 31.2 Å². The highest BCUT2D eigenvalue weighted by Gasteiger charge is 2.08. The van der Waals surface area contributed by atoms with Crippen LogP contribution in [0.3, 0.4) is 0 Å². The van der Waals surface area contributed by atoms with Crippen molar-refractivity contribution < 1.29 is 14.6 Å². The Labute approximate surface area is 151 Å². The van der Waals surface area contributed by atoms with E-state index in [0.29, 0.717) is 11.3 Å². The maximum absolute atomic E-state index is 10.6. The topological polar surface area (TPSA) is 136 Å². The lowest BCUT2D eigenvalue weighted by Crippen LogP contribution is -2.26. The Bertz CT molecular complexity index is 785. The number of carboxylic acids is 1. The predicted octanol–water partition coefficient (Wildman–Crippen LogP) is 2.66. The van der Waals surface area contributed by atoms with E-state index in [-0.39, 0.29) is 18.8 Å². The van der Waals surface area contributed by atoms with Crippen molar-refractivity contribution in [3.8, 4) is 11.5 Å². The van der Waals surface area contributed by atoms with Crippen LogP contribution in [0.1, 0.15) is 17.5 Å². The molecule has 0 aliphatic heterocycles. The summed E-state index contributed by atoms with van der Waals surface area (Å²) in [4.78, 5) is 10.6. The van der Waals surface area contributed by atoms with E-state index in [9.17, 15) is 4.79 Å². The Morgan fingerprint density at radius 2 is 1.69 bits per heavy atom. The largest absolute Gasteiger partial charge is 0.481 e. The van der Waals surface area contributed by atoms with Crippen LogP contribution in [0.15, 0.2) is 63.9 Å². The molecule has 0 fully saturated rings. The maximum Gasteiger partial charge on any atom is 0.304 e. The molecule has 136 valence electrons. The van der Waals surface area contributed by atoms with Crippen LogP contribution in [-0.4, -0.2) is 29.5 Å². The Hall–Kier alpha value is -3.26. The van der Waals surface area contributed by atoms with E-state index in [1.165, 1.54) is 0 Å². The van der Waals surface area contributed by atoms with Crippen LogP contribution in [0.25, 0.3) is 0 Å².